The summed E-state index contributed by atoms with van der Waals surface area (Å²) in [7, 11) is 0. The lowest BCUT2D eigenvalue weighted by Gasteiger charge is -2.29. The summed E-state index contributed by atoms with van der Waals surface area (Å²) in [4.78, 5) is 0. The molecule has 1 saturated carbocycles. The van der Waals surface area contributed by atoms with E-state index in [-0.39, 0.29) is 6.10 Å². The van der Waals surface area contributed by atoms with Crippen molar-refractivity contribution in [1.82, 2.24) is 0 Å². The Morgan fingerprint density at radius 3 is 2.33 bits per heavy atom. The predicted octanol–water partition coefficient (Wildman–Crippen LogP) is 4.97. The van der Waals surface area contributed by atoms with Crippen LogP contribution in [0, 0.1) is 0 Å². The van der Waals surface area contributed by atoms with Crippen LogP contribution in [-0.4, -0.2) is 17.8 Å². The summed E-state index contributed by atoms with van der Waals surface area (Å²) in [5.74, 6) is 0.670. The first-order valence-electron chi connectivity index (χ1n) is 8.64. The van der Waals surface area contributed by atoms with E-state index in [1.807, 2.05) is 6.92 Å². The Morgan fingerprint density at radius 1 is 1.10 bits per heavy atom. The van der Waals surface area contributed by atoms with Gasteiger partial charge < -0.3 is 9.84 Å². The molecular formula is C19H30O2. The summed E-state index contributed by atoms with van der Waals surface area (Å²) < 4.78 is 5.94. The highest BCUT2D eigenvalue weighted by Gasteiger charge is 2.22. The van der Waals surface area contributed by atoms with Crippen molar-refractivity contribution in [3.8, 4) is 0 Å². The van der Waals surface area contributed by atoms with Gasteiger partial charge in [-0.15, -0.1) is 0 Å². The predicted molar refractivity (Wildman–Crippen MR) is 87.5 cm³/mol. The summed E-state index contributed by atoms with van der Waals surface area (Å²) >= 11 is 0. The Balaban J connectivity index is 1.82. The van der Waals surface area contributed by atoms with E-state index in [9.17, 15) is 5.11 Å². The molecule has 0 heterocycles. The fourth-order valence-electron chi connectivity index (χ4n) is 3.18. The van der Waals surface area contributed by atoms with Gasteiger partial charge >= 0.3 is 0 Å². The van der Waals surface area contributed by atoms with Gasteiger partial charge in [0.15, 0.2) is 0 Å². The molecule has 0 aromatic heterocycles. The van der Waals surface area contributed by atoms with Gasteiger partial charge in [-0.3, -0.25) is 0 Å². The van der Waals surface area contributed by atoms with Crippen LogP contribution >= 0.6 is 0 Å². The minimum absolute atomic E-state index is 0.318. The van der Waals surface area contributed by atoms with Crippen molar-refractivity contribution < 1.29 is 9.84 Å². The molecule has 2 nitrogen and oxygen atoms in total. The van der Waals surface area contributed by atoms with E-state index in [0.29, 0.717) is 12.0 Å². The molecule has 21 heavy (non-hydrogen) atoms. The Kier molecular flexibility index (Phi) is 6.72. The van der Waals surface area contributed by atoms with Gasteiger partial charge in [0.25, 0.3) is 0 Å². The minimum atomic E-state index is -0.318. The number of ether oxygens (including phenoxy) is 1. The van der Waals surface area contributed by atoms with Crippen LogP contribution in [0.2, 0.25) is 0 Å². The Hall–Kier alpha value is -0.860. The lowest BCUT2D eigenvalue weighted by molar-refractivity contribution is 0.0232. The zero-order valence-corrected chi connectivity index (χ0v) is 13.6. The Bertz CT molecular complexity index is 391. The van der Waals surface area contributed by atoms with Crippen molar-refractivity contribution in [2.24, 2.45) is 0 Å². The lowest BCUT2D eigenvalue weighted by atomic mass is 9.82. The highest BCUT2D eigenvalue weighted by molar-refractivity contribution is 5.27. The third-order valence-corrected chi connectivity index (χ3v) is 4.70. The molecule has 1 fully saturated rings. The zero-order chi connectivity index (χ0) is 15.1. The molecular weight excluding hydrogens is 260 g/mol. The molecule has 2 heteroatoms. The first kappa shape index (κ1) is 16.5. The molecule has 0 aliphatic heterocycles. The maximum atomic E-state index is 9.85. The van der Waals surface area contributed by atoms with Gasteiger partial charge in [-0.2, -0.15) is 0 Å². The van der Waals surface area contributed by atoms with E-state index in [2.05, 4.69) is 31.2 Å². The molecule has 1 aliphatic carbocycles. The van der Waals surface area contributed by atoms with Crippen molar-refractivity contribution in [3.63, 3.8) is 0 Å². The maximum Gasteiger partial charge on any atom is 0.0787 e. The molecule has 2 rings (SSSR count). The first-order chi connectivity index (χ1) is 10.2. The highest BCUT2D eigenvalue weighted by atomic mass is 16.5. The summed E-state index contributed by atoms with van der Waals surface area (Å²) in [6.45, 7) is 5.15. The second kappa shape index (κ2) is 8.55. The number of hydrogen-bond acceptors (Lipinski definition) is 2. The van der Waals surface area contributed by atoms with Gasteiger partial charge in [0.2, 0.25) is 0 Å². The third kappa shape index (κ3) is 4.82. The van der Waals surface area contributed by atoms with E-state index in [1.165, 1.54) is 44.1 Å². The second-order valence-corrected chi connectivity index (χ2v) is 6.29. The Morgan fingerprint density at radius 2 is 1.76 bits per heavy atom. The van der Waals surface area contributed by atoms with Crippen LogP contribution in [0.3, 0.4) is 0 Å². The third-order valence-electron chi connectivity index (χ3n) is 4.70. The average molecular weight is 290 g/mol. The molecule has 1 aliphatic rings. The molecule has 1 N–H and O–H groups in total. The van der Waals surface area contributed by atoms with Gasteiger partial charge in [-0.05, 0) is 55.6 Å². The SMILES string of the molecule is CCCCOC1CCC(c2ccc(C(O)CC)cc2)CC1. The van der Waals surface area contributed by atoms with E-state index in [1.54, 1.807) is 0 Å². The van der Waals surface area contributed by atoms with E-state index in [4.69, 9.17) is 4.74 Å². The maximum absolute atomic E-state index is 9.85. The quantitative estimate of drug-likeness (QED) is 0.718. The molecule has 1 atom stereocenters. The highest BCUT2D eigenvalue weighted by Crippen LogP contribution is 2.34. The monoisotopic (exact) mass is 290 g/mol. The normalized spacial score (nSPS) is 24.0. The molecule has 1 unspecified atom stereocenters. The summed E-state index contributed by atoms with van der Waals surface area (Å²) in [5, 5.41) is 9.85. The molecule has 0 saturated heterocycles. The summed E-state index contributed by atoms with van der Waals surface area (Å²) in [6.07, 6.45) is 8.17. The van der Waals surface area contributed by atoms with E-state index < -0.39 is 0 Å². The Labute approximate surface area is 129 Å². The summed E-state index contributed by atoms with van der Waals surface area (Å²) in [6, 6.07) is 8.59. The molecule has 118 valence electrons. The van der Waals surface area contributed by atoms with Gasteiger partial charge in [0.05, 0.1) is 12.2 Å². The number of rotatable bonds is 7. The molecule has 0 bridgehead atoms. The van der Waals surface area contributed by atoms with Crippen molar-refractivity contribution in [2.45, 2.75) is 76.9 Å². The van der Waals surface area contributed by atoms with Gasteiger partial charge in [0, 0.05) is 6.61 Å². The second-order valence-electron chi connectivity index (χ2n) is 6.29. The van der Waals surface area contributed by atoms with Crippen molar-refractivity contribution in [2.75, 3.05) is 6.61 Å². The first-order valence-corrected chi connectivity index (χ1v) is 8.64. The summed E-state index contributed by atoms with van der Waals surface area (Å²) in [5.41, 5.74) is 2.46. The van der Waals surface area contributed by atoms with Crippen molar-refractivity contribution >= 4 is 0 Å². The average Bonchev–Trinajstić information content (AvgIpc) is 2.55. The van der Waals surface area contributed by atoms with Crippen LogP contribution in [0.5, 0.6) is 0 Å². The van der Waals surface area contributed by atoms with Crippen LogP contribution < -0.4 is 0 Å². The molecule has 0 amide bonds. The van der Waals surface area contributed by atoms with Crippen LogP contribution in [-0.2, 0) is 4.74 Å². The lowest BCUT2D eigenvalue weighted by Crippen LogP contribution is -2.21. The van der Waals surface area contributed by atoms with Crippen molar-refractivity contribution in [1.29, 1.82) is 0 Å². The van der Waals surface area contributed by atoms with Crippen molar-refractivity contribution in [3.05, 3.63) is 35.4 Å². The van der Waals surface area contributed by atoms with Gasteiger partial charge in [-0.1, -0.05) is 44.5 Å². The standard InChI is InChI=1S/C19H30O2/c1-3-5-14-21-18-12-10-16(11-13-18)15-6-8-17(9-7-15)19(20)4-2/h6-9,16,18-20H,3-5,10-14H2,1-2H3. The minimum Gasteiger partial charge on any atom is -0.388 e. The van der Waals surface area contributed by atoms with Crippen LogP contribution in [0.4, 0.5) is 0 Å². The van der Waals surface area contributed by atoms with Crippen LogP contribution in [0.25, 0.3) is 0 Å². The number of aliphatic hydroxyl groups excluding tert-OH is 1. The number of hydrogen-bond donors (Lipinski definition) is 1. The zero-order valence-electron chi connectivity index (χ0n) is 13.6. The molecule has 0 radical (unpaired) electrons. The molecule has 1 aromatic rings. The number of aliphatic hydroxyl groups is 1. The number of benzene rings is 1. The van der Waals surface area contributed by atoms with E-state index in [0.717, 1.165) is 18.6 Å². The fraction of sp³-hybridized carbons (Fsp3) is 0.684. The van der Waals surface area contributed by atoms with E-state index >= 15 is 0 Å². The number of unbranched alkanes of at least 4 members (excludes halogenated alkanes) is 1. The van der Waals surface area contributed by atoms with Crippen LogP contribution in [0.15, 0.2) is 24.3 Å². The largest absolute Gasteiger partial charge is 0.388 e. The topological polar surface area (TPSA) is 29.5 Å². The molecule has 0 spiro atoms. The smallest absolute Gasteiger partial charge is 0.0787 e. The van der Waals surface area contributed by atoms with Crippen LogP contribution in [0.1, 0.15) is 81.9 Å². The fourth-order valence-corrected chi connectivity index (χ4v) is 3.18. The molecule has 1 aromatic carbocycles. The van der Waals surface area contributed by atoms with Gasteiger partial charge in [0.1, 0.15) is 0 Å². The van der Waals surface area contributed by atoms with Gasteiger partial charge in [-0.25, -0.2) is 0 Å².